The fourth-order valence-electron chi connectivity index (χ4n) is 3.53. The summed E-state index contributed by atoms with van der Waals surface area (Å²) in [4.78, 5) is 15.9. The molecule has 0 aromatic carbocycles. The fraction of sp³-hybridized carbons (Fsp3) is 0.389. The quantitative estimate of drug-likeness (QED) is 0.800. The van der Waals surface area contributed by atoms with Crippen molar-refractivity contribution in [3.8, 4) is 0 Å². The molecule has 0 saturated carbocycles. The number of hydrogen-bond donors (Lipinski definition) is 1. The molecule has 4 rings (SSSR count). The summed E-state index contributed by atoms with van der Waals surface area (Å²) in [6, 6.07) is 4.15. The average Bonchev–Trinajstić information content (AvgIpc) is 3.10. The number of anilines is 1. The number of aromatic nitrogens is 4. The summed E-state index contributed by atoms with van der Waals surface area (Å²) < 4.78 is 2.16. The predicted molar refractivity (Wildman–Crippen MR) is 94.0 cm³/mol. The molecule has 3 aromatic heterocycles. The van der Waals surface area contributed by atoms with Gasteiger partial charge in [-0.2, -0.15) is 0 Å². The van der Waals surface area contributed by atoms with Crippen molar-refractivity contribution in [3.63, 3.8) is 0 Å². The molecule has 0 aliphatic carbocycles. The van der Waals surface area contributed by atoms with E-state index in [9.17, 15) is 0 Å². The van der Waals surface area contributed by atoms with Crippen LogP contribution >= 0.6 is 0 Å². The highest BCUT2D eigenvalue weighted by molar-refractivity contribution is 5.68. The second-order valence-electron chi connectivity index (χ2n) is 6.34. The lowest BCUT2D eigenvalue weighted by Gasteiger charge is -2.32. The molecule has 1 aliphatic heterocycles. The van der Waals surface area contributed by atoms with E-state index < -0.39 is 0 Å². The summed E-state index contributed by atoms with van der Waals surface area (Å²) in [7, 11) is 1.93. The van der Waals surface area contributed by atoms with Crippen molar-refractivity contribution >= 4 is 11.3 Å². The molecule has 4 heterocycles. The molecular weight excluding hydrogens is 300 g/mol. The molecule has 1 unspecified atom stereocenters. The van der Waals surface area contributed by atoms with Gasteiger partial charge in [-0.05, 0) is 31.5 Å². The van der Waals surface area contributed by atoms with Gasteiger partial charge < -0.3 is 9.72 Å². The van der Waals surface area contributed by atoms with Crippen molar-refractivity contribution in [2.24, 2.45) is 0 Å². The third-order valence-electron chi connectivity index (χ3n) is 4.70. The Hall–Kier alpha value is -2.47. The molecular formula is C18H22N6. The van der Waals surface area contributed by atoms with E-state index in [4.69, 9.17) is 4.98 Å². The maximum Gasteiger partial charge on any atom is 0.150 e. The molecule has 3 aromatic rings. The van der Waals surface area contributed by atoms with Gasteiger partial charge in [-0.1, -0.05) is 0 Å². The van der Waals surface area contributed by atoms with Crippen molar-refractivity contribution in [2.75, 3.05) is 25.5 Å². The number of likely N-dealkylation sites (tertiary alicyclic amines) is 1. The monoisotopic (exact) mass is 322 g/mol. The Labute approximate surface area is 141 Å². The zero-order valence-electron chi connectivity index (χ0n) is 13.9. The SMILES string of the molecule is CNc1nc(C2CCCN(Cc3cnccn3)C2)cn2cccc12. The van der Waals surface area contributed by atoms with E-state index in [1.807, 2.05) is 13.2 Å². The summed E-state index contributed by atoms with van der Waals surface area (Å²) >= 11 is 0. The Bertz CT molecular complexity index is 813. The largest absolute Gasteiger partial charge is 0.371 e. The van der Waals surface area contributed by atoms with Gasteiger partial charge in [0.25, 0.3) is 0 Å². The molecule has 1 aliphatic rings. The molecule has 1 saturated heterocycles. The molecule has 0 bridgehead atoms. The van der Waals surface area contributed by atoms with Crippen molar-refractivity contribution < 1.29 is 0 Å². The molecule has 0 amide bonds. The van der Waals surface area contributed by atoms with E-state index in [1.54, 1.807) is 12.4 Å². The van der Waals surface area contributed by atoms with Crippen LogP contribution in [-0.2, 0) is 6.54 Å². The highest BCUT2D eigenvalue weighted by Crippen LogP contribution is 2.28. The van der Waals surface area contributed by atoms with Crippen LogP contribution in [-0.4, -0.2) is 44.4 Å². The lowest BCUT2D eigenvalue weighted by Crippen LogP contribution is -2.34. The van der Waals surface area contributed by atoms with Crippen LogP contribution in [0.3, 0.4) is 0 Å². The first-order valence-electron chi connectivity index (χ1n) is 8.46. The van der Waals surface area contributed by atoms with Crippen molar-refractivity contribution in [1.29, 1.82) is 0 Å². The summed E-state index contributed by atoms with van der Waals surface area (Å²) in [6.45, 7) is 2.98. The fourth-order valence-corrected chi connectivity index (χ4v) is 3.53. The predicted octanol–water partition coefficient (Wildman–Crippen LogP) is 2.55. The molecule has 6 nitrogen and oxygen atoms in total. The molecule has 6 heteroatoms. The Morgan fingerprint density at radius 1 is 1.33 bits per heavy atom. The van der Waals surface area contributed by atoms with E-state index in [-0.39, 0.29) is 0 Å². The summed E-state index contributed by atoms with van der Waals surface area (Å²) in [5.74, 6) is 1.40. The van der Waals surface area contributed by atoms with Crippen molar-refractivity contribution in [3.05, 3.63) is 54.5 Å². The molecule has 24 heavy (non-hydrogen) atoms. The lowest BCUT2D eigenvalue weighted by atomic mass is 9.95. The van der Waals surface area contributed by atoms with Crippen molar-refractivity contribution in [2.45, 2.75) is 25.3 Å². The van der Waals surface area contributed by atoms with Crippen LogP contribution in [0.2, 0.25) is 0 Å². The van der Waals surface area contributed by atoms with Gasteiger partial charge in [-0.25, -0.2) is 4.98 Å². The maximum atomic E-state index is 4.87. The number of nitrogens with zero attached hydrogens (tertiary/aromatic N) is 5. The van der Waals surface area contributed by atoms with Gasteiger partial charge in [0.05, 0.1) is 16.9 Å². The summed E-state index contributed by atoms with van der Waals surface area (Å²) in [5.41, 5.74) is 3.31. The number of fused-ring (bicyclic) bond motifs is 1. The first-order chi connectivity index (χ1) is 11.8. The number of rotatable bonds is 4. The number of piperidine rings is 1. The lowest BCUT2D eigenvalue weighted by molar-refractivity contribution is 0.196. The highest BCUT2D eigenvalue weighted by atomic mass is 15.1. The second-order valence-corrected chi connectivity index (χ2v) is 6.34. The van der Waals surface area contributed by atoms with Gasteiger partial charge in [0.15, 0.2) is 0 Å². The van der Waals surface area contributed by atoms with Crippen LogP contribution in [0.5, 0.6) is 0 Å². The topological polar surface area (TPSA) is 58.4 Å². The van der Waals surface area contributed by atoms with Crippen LogP contribution < -0.4 is 5.32 Å². The van der Waals surface area contributed by atoms with Gasteiger partial charge in [-0.15, -0.1) is 0 Å². The summed E-state index contributed by atoms with van der Waals surface area (Å²) in [6.07, 6.45) is 12.0. The van der Waals surface area contributed by atoms with Crippen LogP contribution in [0.15, 0.2) is 43.1 Å². The van der Waals surface area contributed by atoms with Gasteiger partial charge in [0.2, 0.25) is 0 Å². The Balaban J connectivity index is 1.55. The summed E-state index contributed by atoms with van der Waals surface area (Å²) in [5, 5.41) is 3.22. The minimum atomic E-state index is 0.453. The van der Waals surface area contributed by atoms with E-state index in [1.165, 1.54) is 12.8 Å². The van der Waals surface area contributed by atoms with Crippen LogP contribution in [0.1, 0.15) is 30.1 Å². The Kier molecular flexibility index (Phi) is 4.13. The maximum absolute atomic E-state index is 4.87. The van der Waals surface area contributed by atoms with E-state index in [2.05, 4.69) is 49.1 Å². The molecule has 124 valence electrons. The van der Waals surface area contributed by atoms with Gasteiger partial charge in [-0.3, -0.25) is 14.9 Å². The minimum absolute atomic E-state index is 0.453. The van der Waals surface area contributed by atoms with E-state index >= 15 is 0 Å². The van der Waals surface area contributed by atoms with Crippen molar-refractivity contribution in [1.82, 2.24) is 24.3 Å². The van der Waals surface area contributed by atoms with Crippen LogP contribution in [0, 0.1) is 0 Å². The highest BCUT2D eigenvalue weighted by Gasteiger charge is 2.23. The first-order valence-corrected chi connectivity index (χ1v) is 8.46. The van der Waals surface area contributed by atoms with E-state index in [0.29, 0.717) is 5.92 Å². The number of hydrogen-bond acceptors (Lipinski definition) is 5. The molecule has 1 atom stereocenters. The molecule has 1 fully saturated rings. The van der Waals surface area contributed by atoms with Crippen LogP contribution in [0.4, 0.5) is 5.82 Å². The normalized spacial score (nSPS) is 18.8. The zero-order chi connectivity index (χ0) is 16.4. The Morgan fingerprint density at radius 3 is 3.12 bits per heavy atom. The standard InChI is InChI=1S/C18H22N6/c1-19-18-17-5-3-9-24(17)13-16(22-18)14-4-2-8-23(11-14)12-15-10-20-6-7-21-15/h3,5-7,9-10,13-14H,2,4,8,11-12H2,1H3,(H,19,22). The van der Waals surface area contributed by atoms with Gasteiger partial charge in [0.1, 0.15) is 5.82 Å². The first kappa shape index (κ1) is 15.1. The smallest absolute Gasteiger partial charge is 0.150 e. The van der Waals surface area contributed by atoms with Gasteiger partial charge in [0, 0.05) is 57.0 Å². The minimum Gasteiger partial charge on any atom is -0.371 e. The molecule has 1 N–H and O–H groups in total. The third-order valence-corrected chi connectivity index (χ3v) is 4.70. The third kappa shape index (κ3) is 2.97. The zero-order valence-corrected chi connectivity index (χ0v) is 13.9. The Morgan fingerprint density at radius 2 is 2.29 bits per heavy atom. The van der Waals surface area contributed by atoms with Gasteiger partial charge >= 0.3 is 0 Å². The molecule has 0 radical (unpaired) electrons. The molecule has 0 spiro atoms. The average molecular weight is 322 g/mol. The second kappa shape index (κ2) is 6.57. The number of nitrogens with one attached hydrogen (secondary N) is 1. The van der Waals surface area contributed by atoms with E-state index in [0.717, 1.165) is 42.4 Å². The van der Waals surface area contributed by atoms with Crippen LogP contribution in [0.25, 0.3) is 5.52 Å².